The molecule has 1 aromatic rings. The largest absolute Gasteiger partial charge is 0.298 e. The van der Waals surface area contributed by atoms with Crippen LogP contribution in [0.3, 0.4) is 0 Å². The molecule has 0 radical (unpaired) electrons. The lowest BCUT2D eigenvalue weighted by Crippen LogP contribution is -2.38. The van der Waals surface area contributed by atoms with Gasteiger partial charge in [0.15, 0.2) is 0 Å². The van der Waals surface area contributed by atoms with Crippen LogP contribution in [0, 0.1) is 0 Å². The third-order valence-electron chi connectivity index (χ3n) is 2.63. The van der Waals surface area contributed by atoms with Gasteiger partial charge in [0.05, 0.1) is 19.2 Å². The molecule has 0 aliphatic heterocycles. The molecule has 0 bridgehead atoms. The standard InChI is InChI=1S/C13H23N2/c1-3-5-6-7-9-13-14-10-8-12-15(13)11-4-2/h8,10,12H,3-7,9,11H2,1-2H3/q+1. The lowest BCUT2D eigenvalue weighted by atomic mass is 10.1. The minimum absolute atomic E-state index is 1.09. The Morgan fingerprint density at radius 3 is 2.73 bits per heavy atom. The van der Waals surface area contributed by atoms with Crippen LogP contribution in [0.2, 0.25) is 0 Å². The van der Waals surface area contributed by atoms with Crippen molar-refractivity contribution in [3.63, 3.8) is 0 Å². The Balaban J connectivity index is 2.44. The second kappa shape index (κ2) is 7.38. The molecule has 0 aliphatic carbocycles. The number of rotatable bonds is 7. The number of unbranched alkanes of at least 4 members (excludes halogenated alkanes) is 3. The molecule has 0 saturated heterocycles. The molecule has 0 fully saturated rings. The first-order valence-electron chi connectivity index (χ1n) is 6.21. The summed E-state index contributed by atoms with van der Waals surface area (Å²) >= 11 is 0. The Morgan fingerprint density at radius 2 is 2.00 bits per heavy atom. The molecule has 0 saturated carbocycles. The van der Waals surface area contributed by atoms with Crippen molar-refractivity contribution in [3.8, 4) is 0 Å². The van der Waals surface area contributed by atoms with E-state index in [1.165, 1.54) is 37.9 Å². The molecule has 2 nitrogen and oxygen atoms in total. The summed E-state index contributed by atoms with van der Waals surface area (Å²) in [5.74, 6) is 1.25. The van der Waals surface area contributed by atoms with Crippen LogP contribution in [0.1, 0.15) is 51.8 Å². The van der Waals surface area contributed by atoms with Crippen molar-refractivity contribution in [1.29, 1.82) is 0 Å². The Hall–Kier alpha value is -0.920. The van der Waals surface area contributed by atoms with Crippen LogP contribution in [-0.4, -0.2) is 4.98 Å². The highest BCUT2D eigenvalue weighted by atomic mass is 15.0. The Kier molecular flexibility index (Phi) is 5.98. The number of nitrogens with zero attached hydrogens (tertiary/aromatic N) is 2. The van der Waals surface area contributed by atoms with Gasteiger partial charge in [-0.1, -0.05) is 38.1 Å². The minimum Gasteiger partial charge on any atom is -0.235 e. The monoisotopic (exact) mass is 207 g/mol. The number of aromatic nitrogens is 2. The molecule has 0 unspecified atom stereocenters. The first-order valence-corrected chi connectivity index (χ1v) is 6.21. The molecular weight excluding hydrogens is 184 g/mol. The summed E-state index contributed by atoms with van der Waals surface area (Å²) in [4.78, 5) is 4.46. The lowest BCUT2D eigenvalue weighted by molar-refractivity contribution is -0.707. The van der Waals surface area contributed by atoms with Crippen molar-refractivity contribution in [2.45, 2.75) is 58.9 Å². The van der Waals surface area contributed by atoms with Crippen LogP contribution in [-0.2, 0) is 13.0 Å². The van der Waals surface area contributed by atoms with Gasteiger partial charge in [-0.25, -0.2) is 4.57 Å². The first kappa shape index (κ1) is 12.2. The van der Waals surface area contributed by atoms with E-state index in [-0.39, 0.29) is 0 Å². The number of aryl methyl sites for hydroxylation is 2. The molecule has 84 valence electrons. The topological polar surface area (TPSA) is 16.8 Å². The molecule has 15 heavy (non-hydrogen) atoms. The average molecular weight is 207 g/mol. The van der Waals surface area contributed by atoms with E-state index in [0.29, 0.717) is 0 Å². The van der Waals surface area contributed by atoms with E-state index < -0.39 is 0 Å². The third-order valence-corrected chi connectivity index (χ3v) is 2.63. The van der Waals surface area contributed by atoms with Crippen LogP contribution >= 0.6 is 0 Å². The van der Waals surface area contributed by atoms with Crippen molar-refractivity contribution in [1.82, 2.24) is 4.98 Å². The summed E-state index contributed by atoms with van der Waals surface area (Å²) in [6.07, 6.45) is 11.6. The predicted molar refractivity (Wildman–Crippen MR) is 62.6 cm³/mol. The highest BCUT2D eigenvalue weighted by Gasteiger charge is 2.08. The second-order valence-corrected chi connectivity index (χ2v) is 4.04. The Labute approximate surface area is 93.4 Å². The smallest absolute Gasteiger partial charge is 0.235 e. The van der Waals surface area contributed by atoms with Gasteiger partial charge >= 0.3 is 0 Å². The maximum atomic E-state index is 4.46. The van der Waals surface area contributed by atoms with Crippen molar-refractivity contribution >= 4 is 0 Å². The summed E-state index contributed by atoms with van der Waals surface area (Å²) in [6.45, 7) is 5.55. The highest BCUT2D eigenvalue weighted by molar-refractivity contribution is 4.80. The van der Waals surface area contributed by atoms with E-state index in [4.69, 9.17) is 0 Å². The van der Waals surface area contributed by atoms with Gasteiger partial charge in [0.2, 0.25) is 0 Å². The minimum atomic E-state index is 1.09. The molecule has 0 spiro atoms. The molecule has 1 aromatic heterocycles. The average Bonchev–Trinajstić information content (AvgIpc) is 2.27. The quantitative estimate of drug-likeness (QED) is 0.496. The zero-order chi connectivity index (χ0) is 10.9. The fraction of sp³-hybridized carbons (Fsp3) is 0.692. The highest BCUT2D eigenvalue weighted by Crippen LogP contribution is 2.02. The molecule has 0 aromatic carbocycles. The summed E-state index contributed by atoms with van der Waals surface area (Å²) < 4.78 is 2.28. The van der Waals surface area contributed by atoms with Gasteiger partial charge in [-0.3, -0.25) is 0 Å². The van der Waals surface area contributed by atoms with Gasteiger partial charge in [0, 0.05) is 6.07 Å². The number of hydrogen-bond acceptors (Lipinski definition) is 1. The van der Waals surface area contributed by atoms with E-state index in [1.54, 1.807) is 0 Å². The van der Waals surface area contributed by atoms with Gasteiger partial charge in [-0.05, 0) is 12.8 Å². The molecule has 1 heterocycles. The third kappa shape index (κ3) is 4.41. The van der Waals surface area contributed by atoms with Crippen LogP contribution in [0.15, 0.2) is 18.5 Å². The molecule has 0 atom stereocenters. The second-order valence-electron chi connectivity index (χ2n) is 4.04. The SMILES string of the molecule is CCCCCCc1nccc[n+]1CCC. The molecular formula is C13H23N2+. The van der Waals surface area contributed by atoms with E-state index in [1.807, 2.05) is 12.3 Å². The van der Waals surface area contributed by atoms with Gasteiger partial charge in [-0.2, -0.15) is 0 Å². The van der Waals surface area contributed by atoms with Crippen molar-refractivity contribution < 1.29 is 4.57 Å². The van der Waals surface area contributed by atoms with E-state index in [0.717, 1.165) is 13.0 Å². The fourth-order valence-electron chi connectivity index (χ4n) is 1.79. The Morgan fingerprint density at radius 1 is 1.13 bits per heavy atom. The van der Waals surface area contributed by atoms with Crippen molar-refractivity contribution in [2.24, 2.45) is 0 Å². The fourth-order valence-corrected chi connectivity index (χ4v) is 1.79. The summed E-state index contributed by atoms with van der Waals surface area (Å²) in [5, 5.41) is 0. The summed E-state index contributed by atoms with van der Waals surface area (Å²) in [7, 11) is 0. The van der Waals surface area contributed by atoms with Crippen molar-refractivity contribution in [2.75, 3.05) is 0 Å². The zero-order valence-electron chi connectivity index (χ0n) is 10.1. The molecule has 0 N–H and O–H groups in total. The summed E-state index contributed by atoms with van der Waals surface area (Å²) in [5.41, 5.74) is 0. The summed E-state index contributed by atoms with van der Waals surface area (Å²) in [6, 6.07) is 2.02. The van der Waals surface area contributed by atoms with Crippen LogP contribution in [0.4, 0.5) is 0 Å². The van der Waals surface area contributed by atoms with E-state index in [2.05, 4.69) is 29.6 Å². The normalized spacial score (nSPS) is 10.5. The van der Waals surface area contributed by atoms with Crippen LogP contribution in [0.5, 0.6) is 0 Å². The van der Waals surface area contributed by atoms with Gasteiger partial charge < -0.3 is 0 Å². The lowest BCUT2D eigenvalue weighted by Gasteiger charge is -2.01. The molecule has 0 aliphatic rings. The zero-order valence-corrected chi connectivity index (χ0v) is 10.1. The van der Waals surface area contributed by atoms with Crippen molar-refractivity contribution in [3.05, 3.63) is 24.3 Å². The van der Waals surface area contributed by atoms with Gasteiger partial charge in [0.1, 0.15) is 6.20 Å². The maximum Gasteiger partial charge on any atom is 0.298 e. The maximum absolute atomic E-state index is 4.46. The van der Waals surface area contributed by atoms with E-state index in [9.17, 15) is 0 Å². The molecule has 1 rings (SSSR count). The molecule has 2 heteroatoms. The molecule has 0 amide bonds. The first-order chi connectivity index (χ1) is 7.38. The van der Waals surface area contributed by atoms with E-state index >= 15 is 0 Å². The van der Waals surface area contributed by atoms with Crippen LogP contribution < -0.4 is 4.57 Å². The van der Waals surface area contributed by atoms with Crippen LogP contribution in [0.25, 0.3) is 0 Å². The van der Waals surface area contributed by atoms with Gasteiger partial charge in [-0.15, -0.1) is 0 Å². The number of hydrogen-bond donors (Lipinski definition) is 0. The Bertz CT molecular complexity index is 271. The predicted octanol–water partition coefficient (Wildman–Crippen LogP) is 2.90. The van der Waals surface area contributed by atoms with Gasteiger partial charge in [0.25, 0.3) is 5.82 Å².